The number of hydrogen-bond donors (Lipinski definition) is 0. The number of methoxy groups -OCH3 is 2. The molecule has 0 spiro atoms. The smallest absolute Gasteiger partial charge is 0.192 e. The third-order valence-corrected chi connectivity index (χ3v) is 4.96. The van der Waals surface area contributed by atoms with E-state index in [1.165, 1.54) is 20.3 Å². The van der Waals surface area contributed by atoms with Crippen LogP contribution in [0.15, 0.2) is 53.4 Å². The first-order valence-corrected chi connectivity index (χ1v) is 8.76. The maximum Gasteiger partial charge on any atom is 0.192 e. The molecule has 24 heavy (non-hydrogen) atoms. The lowest BCUT2D eigenvalue weighted by Gasteiger charge is -2.08. The molecule has 0 atom stereocenters. The predicted molar refractivity (Wildman–Crippen MR) is 92.2 cm³/mol. The van der Waals surface area contributed by atoms with Gasteiger partial charge in [-0.15, -0.1) is 0 Å². The van der Waals surface area contributed by atoms with E-state index in [0.717, 1.165) is 0 Å². The SMILES string of the molecule is COc1ccc(/C=C(/C#N)S(=O)(=O)Cc2ccccc2)c(OC)c1. The molecule has 0 fully saturated rings. The van der Waals surface area contributed by atoms with Crippen molar-refractivity contribution in [1.29, 1.82) is 5.26 Å². The summed E-state index contributed by atoms with van der Waals surface area (Å²) in [6.45, 7) is 0. The van der Waals surface area contributed by atoms with E-state index in [9.17, 15) is 13.7 Å². The fourth-order valence-corrected chi connectivity index (χ4v) is 3.37. The monoisotopic (exact) mass is 343 g/mol. The molecule has 2 aromatic rings. The van der Waals surface area contributed by atoms with Crippen molar-refractivity contribution in [3.63, 3.8) is 0 Å². The summed E-state index contributed by atoms with van der Waals surface area (Å²) in [4.78, 5) is -0.310. The fourth-order valence-electron chi connectivity index (χ4n) is 2.14. The number of allylic oxidation sites excluding steroid dienone is 1. The number of hydrogen-bond acceptors (Lipinski definition) is 5. The van der Waals surface area contributed by atoms with E-state index in [-0.39, 0.29) is 10.7 Å². The van der Waals surface area contributed by atoms with E-state index in [1.807, 2.05) is 0 Å². The Balaban J connectivity index is 2.40. The maximum absolute atomic E-state index is 12.5. The van der Waals surface area contributed by atoms with Gasteiger partial charge in [-0.1, -0.05) is 30.3 Å². The van der Waals surface area contributed by atoms with Crippen molar-refractivity contribution >= 4 is 15.9 Å². The zero-order valence-corrected chi connectivity index (χ0v) is 14.2. The molecule has 0 unspecified atom stereocenters. The van der Waals surface area contributed by atoms with Gasteiger partial charge < -0.3 is 9.47 Å². The van der Waals surface area contributed by atoms with Gasteiger partial charge in [-0.25, -0.2) is 8.42 Å². The van der Waals surface area contributed by atoms with Gasteiger partial charge in [0.05, 0.1) is 20.0 Å². The molecule has 0 aromatic heterocycles. The van der Waals surface area contributed by atoms with Gasteiger partial charge in [0.2, 0.25) is 0 Å². The van der Waals surface area contributed by atoms with E-state index in [1.54, 1.807) is 54.6 Å². The van der Waals surface area contributed by atoms with Crippen molar-refractivity contribution in [2.75, 3.05) is 14.2 Å². The van der Waals surface area contributed by atoms with Crippen LogP contribution < -0.4 is 9.47 Å². The summed E-state index contributed by atoms with van der Waals surface area (Å²) in [6.07, 6.45) is 1.32. The van der Waals surface area contributed by atoms with Gasteiger partial charge in [0, 0.05) is 11.6 Å². The second-order valence-corrected chi connectivity index (χ2v) is 6.93. The largest absolute Gasteiger partial charge is 0.497 e. The van der Waals surface area contributed by atoms with Gasteiger partial charge >= 0.3 is 0 Å². The fraction of sp³-hybridized carbons (Fsp3) is 0.167. The summed E-state index contributed by atoms with van der Waals surface area (Å²) in [5.74, 6) is 0.776. The molecule has 0 aliphatic rings. The first-order chi connectivity index (χ1) is 11.5. The Morgan fingerprint density at radius 2 is 1.83 bits per heavy atom. The van der Waals surface area contributed by atoms with Crippen molar-refractivity contribution in [2.24, 2.45) is 0 Å². The van der Waals surface area contributed by atoms with Crippen LogP contribution in [0, 0.1) is 11.3 Å². The van der Waals surface area contributed by atoms with Gasteiger partial charge in [0.15, 0.2) is 9.84 Å². The summed E-state index contributed by atoms with van der Waals surface area (Å²) in [6, 6.07) is 15.5. The molecule has 0 saturated carbocycles. The molecule has 0 heterocycles. The lowest BCUT2D eigenvalue weighted by molar-refractivity contribution is 0.394. The molecule has 124 valence electrons. The van der Waals surface area contributed by atoms with Crippen LogP contribution in [0.2, 0.25) is 0 Å². The summed E-state index contributed by atoms with van der Waals surface area (Å²) in [5, 5.41) is 9.30. The number of sulfone groups is 1. The van der Waals surface area contributed by atoms with Crippen LogP contribution in [0.25, 0.3) is 6.08 Å². The van der Waals surface area contributed by atoms with Crippen molar-refractivity contribution in [1.82, 2.24) is 0 Å². The summed E-state index contributed by atoms with van der Waals surface area (Å²) in [7, 11) is -0.759. The van der Waals surface area contributed by atoms with Gasteiger partial charge in [-0.2, -0.15) is 5.26 Å². The molecule has 6 heteroatoms. The molecule has 0 radical (unpaired) electrons. The van der Waals surface area contributed by atoms with Gasteiger partial charge in [-0.3, -0.25) is 0 Å². The Bertz CT molecular complexity index is 881. The predicted octanol–water partition coefficient (Wildman–Crippen LogP) is 3.18. The van der Waals surface area contributed by atoms with Crippen LogP contribution in [0.4, 0.5) is 0 Å². The molecule has 2 rings (SSSR count). The van der Waals surface area contributed by atoms with Gasteiger partial charge in [0.25, 0.3) is 0 Å². The quantitative estimate of drug-likeness (QED) is 0.753. The standard InChI is InChI=1S/C18H17NO4S/c1-22-16-9-8-15(18(11-16)23-2)10-17(12-19)24(20,21)13-14-6-4-3-5-7-14/h3-11H,13H2,1-2H3/b17-10-. The Hall–Kier alpha value is -2.78. The van der Waals surface area contributed by atoms with Crippen molar-refractivity contribution in [3.8, 4) is 17.6 Å². The molecule has 0 bridgehead atoms. The highest BCUT2D eigenvalue weighted by Crippen LogP contribution is 2.28. The normalized spacial score (nSPS) is 11.6. The van der Waals surface area contributed by atoms with Crippen LogP contribution in [-0.2, 0) is 15.6 Å². The van der Waals surface area contributed by atoms with Crippen LogP contribution in [0.1, 0.15) is 11.1 Å². The Morgan fingerprint density at radius 3 is 2.42 bits per heavy atom. The van der Waals surface area contributed by atoms with Crippen molar-refractivity contribution in [3.05, 3.63) is 64.6 Å². The van der Waals surface area contributed by atoms with Crippen LogP contribution in [-0.4, -0.2) is 22.6 Å². The zero-order chi connectivity index (χ0) is 17.6. The molecule has 0 amide bonds. The third kappa shape index (κ3) is 4.15. The van der Waals surface area contributed by atoms with E-state index in [2.05, 4.69) is 0 Å². The highest BCUT2D eigenvalue weighted by Gasteiger charge is 2.19. The van der Waals surface area contributed by atoms with E-state index in [4.69, 9.17) is 9.47 Å². The minimum absolute atomic E-state index is 0.230. The lowest BCUT2D eigenvalue weighted by Crippen LogP contribution is -2.06. The first-order valence-electron chi connectivity index (χ1n) is 7.10. The second kappa shape index (κ2) is 7.66. The maximum atomic E-state index is 12.5. The van der Waals surface area contributed by atoms with Crippen molar-refractivity contribution in [2.45, 2.75) is 5.75 Å². The Kier molecular flexibility index (Phi) is 5.61. The number of nitrogens with zero attached hydrogens (tertiary/aromatic N) is 1. The topological polar surface area (TPSA) is 76.4 Å². The molecule has 0 N–H and O–H groups in total. The summed E-state index contributed by atoms with van der Waals surface area (Å²) >= 11 is 0. The first kappa shape index (κ1) is 17.6. The average molecular weight is 343 g/mol. The zero-order valence-electron chi connectivity index (χ0n) is 13.4. The van der Waals surface area contributed by atoms with E-state index in [0.29, 0.717) is 22.6 Å². The van der Waals surface area contributed by atoms with Gasteiger partial charge in [0.1, 0.15) is 22.5 Å². The summed E-state index contributed by atoms with van der Waals surface area (Å²) in [5.41, 5.74) is 1.12. The molecule has 2 aromatic carbocycles. The summed E-state index contributed by atoms with van der Waals surface area (Å²) < 4.78 is 35.3. The average Bonchev–Trinajstić information content (AvgIpc) is 2.59. The van der Waals surface area contributed by atoms with E-state index < -0.39 is 9.84 Å². The van der Waals surface area contributed by atoms with Crippen LogP contribution in [0.5, 0.6) is 11.5 Å². The minimum Gasteiger partial charge on any atom is -0.497 e. The minimum atomic E-state index is -3.75. The molecular weight excluding hydrogens is 326 g/mol. The van der Waals surface area contributed by atoms with Crippen molar-refractivity contribution < 1.29 is 17.9 Å². The van der Waals surface area contributed by atoms with Crippen LogP contribution in [0.3, 0.4) is 0 Å². The highest BCUT2D eigenvalue weighted by molar-refractivity contribution is 7.95. The molecule has 0 aliphatic heterocycles. The third-order valence-electron chi connectivity index (χ3n) is 3.37. The molecule has 0 saturated heterocycles. The number of ether oxygens (including phenoxy) is 2. The highest BCUT2D eigenvalue weighted by atomic mass is 32.2. The molecule has 0 aliphatic carbocycles. The Labute approximate surface area is 141 Å². The Morgan fingerprint density at radius 1 is 1.12 bits per heavy atom. The molecular formula is C18H17NO4S. The number of nitriles is 1. The lowest BCUT2D eigenvalue weighted by atomic mass is 10.2. The second-order valence-electron chi connectivity index (χ2n) is 4.97. The van der Waals surface area contributed by atoms with Crippen LogP contribution >= 0.6 is 0 Å². The molecule has 5 nitrogen and oxygen atoms in total. The number of rotatable bonds is 6. The van der Waals surface area contributed by atoms with E-state index >= 15 is 0 Å². The van der Waals surface area contributed by atoms with Gasteiger partial charge in [-0.05, 0) is 23.8 Å². The number of benzene rings is 2.